The molecule has 0 saturated heterocycles. The Balaban J connectivity index is 2.14. The first kappa shape index (κ1) is 9.53. The van der Waals surface area contributed by atoms with Crippen LogP contribution in [-0.4, -0.2) is 0 Å². The van der Waals surface area contributed by atoms with E-state index in [2.05, 4.69) is 35.9 Å². The molecular weight excluding hydrogens is 164 g/mol. The summed E-state index contributed by atoms with van der Waals surface area (Å²) in [6, 6.07) is 2.15. The van der Waals surface area contributed by atoms with Crippen molar-refractivity contribution in [1.82, 2.24) is 0 Å². The lowest BCUT2D eigenvalue weighted by Crippen LogP contribution is -1.70. The number of unbranched alkanes of at least 4 members (excludes halogenated alkanes) is 3. The second-order valence-electron chi connectivity index (χ2n) is 2.95. The van der Waals surface area contributed by atoms with Gasteiger partial charge in [0, 0.05) is 0 Å². The molecule has 1 heteroatoms. The van der Waals surface area contributed by atoms with Gasteiger partial charge in [0.25, 0.3) is 0 Å². The molecule has 0 atom stereocenters. The maximum Gasteiger partial charge on any atom is -0.00209 e. The first-order chi connectivity index (χ1) is 5.93. The third kappa shape index (κ3) is 3.72. The zero-order chi connectivity index (χ0) is 8.65. The van der Waals surface area contributed by atoms with E-state index in [1.54, 1.807) is 11.3 Å². The molecule has 0 spiro atoms. The highest BCUT2D eigenvalue weighted by Gasteiger charge is 1.84. The summed E-state index contributed by atoms with van der Waals surface area (Å²) in [5, 5.41) is 4.29. The van der Waals surface area contributed by atoms with Crippen molar-refractivity contribution in [3.8, 4) is 0 Å². The molecule has 0 bridgehead atoms. The minimum atomic E-state index is 1.23. The van der Waals surface area contributed by atoms with E-state index in [1.165, 1.54) is 31.2 Å². The predicted molar refractivity (Wildman–Crippen MR) is 57.5 cm³/mol. The van der Waals surface area contributed by atoms with Gasteiger partial charge in [0.15, 0.2) is 0 Å². The minimum Gasteiger partial charge on any atom is -0.152 e. The zero-order valence-electron chi connectivity index (χ0n) is 7.62. The molecule has 0 N–H and O–H groups in total. The standard InChI is InChI=1S/C11H16S/c1-2-3-4-5-6-7-11-8-9-12-10-11/h6-10H,2-5H2,1H3/b7-6+. The molecule has 0 aromatic carbocycles. The van der Waals surface area contributed by atoms with Crippen molar-refractivity contribution in [2.24, 2.45) is 0 Å². The summed E-state index contributed by atoms with van der Waals surface area (Å²) in [7, 11) is 0. The first-order valence-electron chi connectivity index (χ1n) is 4.62. The number of hydrogen-bond acceptors (Lipinski definition) is 1. The highest BCUT2D eigenvalue weighted by atomic mass is 32.1. The molecule has 0 aliphatic rings. The Labute approximate surface area is 78.9 Å². The Hall–Kier alpha value is -0.560. The van der Waals surface area contributed by atoms with Gasteiger partial charge in [0.1, 0.15) is 0 Å². The monoisotopic (exact) mass is 180 g/mol. The summed E-state index contributed by atoms with van der Waals surface area (Å²) in [5.74, 6) is 0. The van der Waals surface area contributed by atoms with Crippen LogP contribution in [0.15, 0.2) is 22.9 Å². The maximum absolute atomic E-state index is 2.28. The topological polar surface area (TPSA) is 0 Å². The van der Waals surface area contributed by atoms with Gasteiger partial charge >= 0.3 is 0 Å². The van der Waals surface area contributed by atoms with Crippen LogP contribution in [0.25, 0.3) is 6.08 Å². The smallest absolute Gasteiger partial charge is 0.00209 e. The van der Waals surface area contributed by atoms with Crippen LogP contribution in [-0.2, 0) is 0 Å². The molecule has 1 aromatic heterocycles. The average molecular weight is 180 g/mol. The molecule has 0 aliphatic heterocycles. The minimum absolute atomic E-state index is 1.23. The van der Waals surface area contributed by atoms with Crippen LogP contribution in [0.5, 0.6) is 0 Å². The SMILES string of the molecule is CCCCC/C=C/c1ccsc1. The van der Waals surface area contributed by atoms with Crippen molar-refractivity contribution in [1.29, 1.82) is 0 Å². The van der Waals surface area contributed by atoms with Crippen LogP contribution in [0.2, 0.25) is 0 Å². The van der Waals surface area contributed by atoms with Crippen molar-refractivity contribution in [2.45, 2.75) is 32.6 Å². The fourth-order valence-electron chi connectivity index (χ4n) is 1.10. The summed E-state index contributed by atoms with van der Waals surface area (Å²) in [5.41, 5.74) is 1.34. The quantitative estimate of drug-likeness (QED) is 0.591. The van der Waals surface area contributed by atoms with Gasteiger partial charge in [-0.2, -0.15) is 11.3 Å². The van der Waals surface area contributed by atoms with Gasteiger partial charge in [0.2, 0.25) is 0 Å². The second kappa shape index (κ2) is 6.01. The molecular formula is C11H16S. The number of hydrogen-bond donors (Lipinski definition) is 0. The van der Waals surface area contributed by atoms with E-state index in [0.717, 1.165) is 0 Å². The molecule has 0 aliphatic carbocycles. The summed E-state index contributed by atoms with van der Waals surface area (Å²) < 4.78 is 0. The Morgan fingerprint density at radius 3 is 3.00 bits per heavy atom. The highest BCUT2D eigenvalue weighted by Crippen LogP contribution is 2.09. The Morgan fingerprint density at radius 1 is 1.42 bits per heavy atom. The van der Waals surface area contributed by atoms with E-state index >= 15 is 0 Å². The summed E-state index contributed by atoms with van der Waals surface area (Å²) >= 11 is 1.76. The normalized spacial score (nSPS) is 11.1. The van der Waals surface area contributed by atoms with E-state index in [-0.39, 0.29) is 0 Å². The Kier molecular flexibility index (Phi) is 4.77. The second-order valence-corrected chi connectivity index (χ2v) is 3.73. The third-order valence-electron chi connectivity index (χ3n) is 1.83. The van der Waals surface area contributed by atoms with Crippen LogP contribution in [0.4, 0.5) is 0 Å². The molecule has 12 heavy (non-hydrogen) atoms. The number of allylic oxidation sites excluding steroid dienone is 1. The number of rotatable bonds is 5. The highest BCUT2D eigenvalue weighted by molar-refractivity contribution is 7.08. The van der Waals surface area contributed by atoms with Crippen LogP contribution < -0.4 is 0 Å². The van der Waals surface area contributed by atoms with Crippen molar-refractivity contribution < 1.29 is 0 Å². The lowest BCUT2D eigenvalue weighted by Gasteiger charge is -1.90. The lowest BCUT2D eigenvalue weighted by atomic mass is 10.2. The fraction of sp³-hybridized carbons (Fsp3) is 0.455. The molecule has 66 valence electrons. The molecule has 0 unspecified atom stereocenters. The third-order valence-corrected chi connectivity index (χ3v) is 2.53. The number of thiophene rings is 1. The predicted octanol–water partition coefficient (Wildman–Crippen LogP) is 4.34. The van der Waals surface area contributed by atoms with E-state index in [9.17, 15) is 0 Å². The van der Waals surface area contributed by atoms with E-state index < -0.39 is 0 Å². The van der Waals surface area contributed by atoms with Gasteiger partial charge in [-0.25, -0.2) is 0 Å². The molecule has 0 fully saturated rings. The van der Waals surface area contributed by atoms with Gasteiger partial charge in [-0.1, -0.05) is 31.9 Å². The molecule has 1 rings (SSSR count). The van der Waals surface area contributed by atoms with Gasteiger partial charge in [-0.15, -0.1) is 0 Å². The van der Waals surface area contributed by atoms with Gasteiger partial charge in [-0.05, 0) is 35.2 Å². The lowest BCUT2D eigenvalue weighted by molar-refractivity contribution is 0.730. The van der Waals surface area contributed by atoms with E-state index in [1.807, 2.05) is 0 Å². The molecule has 0 nitrogen and oxygen atoms in total. The Morgan fingerprint density at radius 2 is 2.33 bits per heavy atom. The molecule has 1 heterocycles. The van der Waals surface area contributed by atoms with Crippen LogP contribution in [0.3, 0.4) is 0 Å². The van der Waals surface area contributed by atoms with Crippen molar-refractivity contribution >= 4 is 17.4 Å². The Bertz CT molecular complexity index is 209. The van der Waals surface area contributed by atoms with Crippen LogP contribution >= 0.6 is 11.3 Å². The van der Waals surface area contributed by atoms with Gasteiger partial charge < -0.3 is 0 Å². The molecule has 0 amide bonds. The fourth-order valence-corrected chi connectivity index (χ4v) is 1.73. The van der Waals surface area contributed by atoms with Crippen LogP contribution in [0, 0.1) is 0 Å². The summed E-state index contributed by atoms with van der Waals surface area (Å²) in [6.07, 6.45) is 9.71. The van der Waals surface area contributed by atoms with Crippen molar-refractivity contribution in [2.75, 3.05) is 0 Å². The van der Waals surface area contributed by atoms with E-state index in [0.29, 0.717) is 0 Å². The van der Waals surface area contributed by atoms with Crippen LogP contribution in [0.1, 0.15) is 38.2 Å². The van der Waals surface area contributed by atoms with Crippen molar-refractivity contribution in [3.05, 3.63) is 28.5 Å². The summed E-state index contributed by atoms with van der Waals surface area (Å²) in [4.78, 5) is 0. The molecule has 0 radical (unpaired) electrons. The van der Waals surface area contributed by atoms with Crippen molar-refractivity contribution in [3.63, 3.8) is 0 Å². The first-order valence-corrected chi connectivity index (χ1v) is 5.56. The van der Waals surface area contributed by atoms with Gasteiger partial charge in [-0.3, -0.25) is 0 Å². The van der Waals surface area contributed by atoms with Gasteiger partial charge in [0.05, 0.1) is 0 Å². The largest absolute Gasteiger partial charge is 0.152 e. The van der Waals surface area contributed by atoms with E-state index in [4.69, 9.17) is 0 Å². The maximum atomic E-state index is 2.28. The molecule has 0 saturated carbocycles. The summed E-state index contributed by atoms with van der Waals surface area (Å²) in [6.45, 7) is 2.24. The zero-order valence-corrected chi connectivity index (χ0v) is 8.44. The average Bonchev–Trinajstić information content (AvgIpc) is 2.57. The molecule has 1 aromatic rings.